The van der Waals surface area contributed by atoms with E-state index in [1.54, 1.807) is 43.4 Å². The van der Waals surface area contributed by atoms with Crippen molar-refractivity contribution >= 4 is 23.5 Å². The standard InChI is InChI=1S/C21H22ClNO5/c1-26-16-9-10-19(27-2)17(12-16)18-4-3-11-23(18)20(24)13-28-21(25)14-5-7-15(22)8-6-14/h5-10,12,18H,3-4,11,13H2,1-2H3/t18-/m1/s1. The van der Waals surface area contributed by atoms with Crippen LogP contribution in [0.1, 0.15) is 34.8 Å². The molecule has 1 amide bonds. The molecule has 0 aromatic heterocycles. The predicted octanol–water partition coefficient (Wildman–Crippen LogP) is 3.88. The first kappa shape index (κ1) is 20.0. The van der Waals surface area contributed by atoms with E-state index in [1.165, 1.54) is 0 Å². The lowest BCUT2D eigenvalue weighted by molar-refractivity contribution is -0.135. The molecule has 1 saturated heterocycles. The summed E-state index contributed by atoms with van der Waals surface area (Å²) in [4.78, 5) is 26.6. The third-order valence-corrected chi connectivity index (χ3v) is 5.03. The van der Waals surface area contributed by atoms with Crippen molar-refractivity contribution in [3.8, 4) is 11.5 Å². The number of hydrogen-bond donors (Lipinski definition) is 0. The van der Waals surface area contributed by atoms with Crippen LogP contribution in [0, 0.1) is 0 Å². The van der Waals surface area contributed by atoms with Crippen molar-refractivity contribution in [1.82, 2.24) is 4.90 Å². The smallest absolute Gasteiger partial charge is 0.338 e. The van der Waals surface area contributed by atoms with E-state index < -0.39 is 5.97 Å². The quantitative estimate of drug-likeness (QED) is 0.685. The van der Waals surface area contributed by atoms with Crippen LogP contribution >= 0.6 is 11.6 Å². The highest BCUT2D eigenvalue weighted by Gasteiger charge is 2.32. The molecule has 0 unspecified atom stereocenters. The summed E-state index contributed by atoms with van der Waals surface area (Å²) in [6.07, 6.45) is 1.67. The van der Waals surface area contributed by atoms with Crippen LogP contribution in [0.5, 0.6) is 11.5 Å². The number of amides is 1. The van der Waals surface area contributed by atoms with Gasteiger partial charge in [-0.25, -0.2) is 4.79 Å². The second-order valence-corrected chi connectivity index (χ2v) is 6.87. The zero-order valence-corrected chi connectivity index (χ0v) is 16.6. The summed E-state index contributed by atoms with van der Waals surface area (Å²) in [6, 6.07) is 11.7. The van der Waals surface area contributed by atoms with Crippen molar-refractivity contribution in [1.29, 1.82) is 0 Å². The van der Waals surface area contributed by atoms with Crippen LogP contribution in [0.2, 0.25) is 5.02 Å². The molecule has 2 aromatic rings. The summed E-state index contributed by atoms with van der Waals surface area (Å²) >= 11 is 5.82. The fraction of sp³-hybridized carbons (Fsp3) is 0.333. The SMILES string of the molecule is COc1ccc(OC)c([C@H]2CCCN2C(=O)COC(=O)c2ccc(Cl)cc2)c1. The van der Waals surface area contributed by atoms with E-state index in [0.29, 0.717) is 28.6 Å². The maximum absolute atomic E-state index is 12.7. The average molecular weight is 404 g/mol. The molecule has 1 fully saturated rings. The molecule has 28 heavy (non-hydrogen) atoms. The van der Waals surface area contributed by atoms with E-state index >= 15 is 0 Å². The van der Waals surface area contributed by atoms with Crippen LogP contribution in [0.25, 0.3) is 0 Å². The molecule has 0 bridgehead atoms. The van der Waals surface area contributed by atoms with E-state index in [1.807, 2.05) is 18.2 Å². The Kier molecular flexibility index (Phi) is 6.41. The number of rotatable bonds is 6. The number of nitrogens with zero attached hydrogens (tertiary/aromatic N) is 1. The topological polar surface area (TPSA) is 65.1 Å². The van der Waals surface area contributed by atoms with Crippen molar-refractivity contribution in [3.05, 3.63) is 58.6 Å². The summed E-state index contributed by atoms with van der Waals surface area (Å²) < 4.78 is 16.0. The second kappa shape index (κ2) is 8.97. The first-order chi connectivity index (χ1) is 13.5. The normalized spacial score (nSPS) is 16.0. The third kappa shape index (κ3) is 4.39. The lowest BCUT2D eigenvalue weighted by Gasteiger charge is -2.26. The number of carbonyl (C=O) groups excluding carboxylic acids is 2. The Labute approximate surface area is 168 Å². The molecule has 1 aliphatic heterocycles. The average Bonchev–Trinajstić information content (AvgIpc) is 3.21. The summed E-state index contributed by atoms with van der Waals surface area (Å²) in [7, 11) is 3.19. The highest BCUT2D eigenvalue weighted by molar-refractivity contribution is 6.30. The van der Waals surface area contributed by atoms with Gasteiger partial charge < -0.3 is 19.1 Å². The lowest BCUT2D eigenvalue weighted by atomic mass is 10.0. The summed E-state index contributed by atoms with van der Waals surface area (Å²) in [6.45, 7) is 0.284. The van der Waals surface area contributed by atoms with Crippen molar-refractivity contribution in [2.45, 2.75) is 18.9 Å². The minimum atomic E-state index is -0.556. The number of methoxy groups -OCH3 is 2. The van der Waals surface area contributed by atoms with Crippen molar-refractivity contribution in [2.75, 3.05) is 27.4 Å². The van der Waals surface area contributed by atoms with Crippen molar-refractivity contribution in [3.63, 3.8) is 0 Å². The molecule has 1 heterocycles. The minimum absolute atomic E-state index is 0.146. The Morgan fingerprint density at radius 3 is 2.54 bits per heavy atom. The fourth-order valence-corrected chi connectivity index (χ4v) is 3.49. The van der Waals surface area contributed by atoms with Crippen LogP contribution in [-0.4, -0.2) is 44.1 Å². The minimum Gasteiger partial charge on any atom is -0.497 e. The van der Waals surface area contributed by atoms with Gasteiger partial charge in [0.1, 0.15) is 11.5 Å². The van der Waals surface area contributed by atoms with E-state index in [9.17, 15) is 9.59 Å². The van der Waals surface area contributed by atoms with Crippen molar-refractivity contribution < 1.29 is 23.8 Å². The Hall–Kier alpha value is -2.73. The molecule has 0 N–H and O–H groups in total. The highest BCUT2D eigenvalue weighted by atomic mass is 35.5. The van der Waals surface area contributed by atoms with E-state index in [4.69, 9.17) is 25.8 Å². The van der Waals surface area contributed by atoms with Gasteiger partial charge in [-0.3, -0.25) is 4.79 Å². The monoisotopic (exact) mass is 403 g/mol. The largest absolute Gasteiger partial charge is 0.497 e. The van der Waals surface area contributed by atoms with Gasteiger partial charge in [0.25, 0.3) is 5.91 Å². The maximum Gasteiger partial charge on any atom is 0.338 e. The molecule has 7 heteroatoms. The van der Waals surface area contributed by atoms with Crippen LogP contribution in [0.3, 0.4) is 0 Å². The fourth-order valence-electron chi connectivity index (χ4n) is 3.37. The molecular weight excluding hydrogens is 382 g/mol. The summed E-state index contributed by atoms with van der Waals surface area (Å²) in [5.41, 5.74) is 1.24. The Morgan fingerprint density at radius 1 is 1.11 bits per heavy atom. The second-order valence-electron chi connectivity index (χ2n) is 6.44. The van der Waals surface area contributed by atoms with Gasteiger partial charge in [0.2, 0.25) is 0 Å². The molecule has 2 aromatic carbocycles. The highest BCUT2D eigenvalue weighted by Crippen LogP contribution is 2.38. The van der Waals surface area contributed by atoms with Crippen molar-refractivity contribution in [2.24, 2.45) is 0 Å². The van der Waals surface area contributed by atoms with Crippen LogP contribution in [0.4, 0.5) is 0 Å². The number of halogens is 1. The first-order valence-electron chi connectivity index (χ1n) is 8.97. The van der Waals surface area contributed by atoms with Gasteiger partial charge in [-0.1, -0.05) is 11.6 Å². The molecule has 6 nitrogen and oxygen atoms in total. The van der Waals surface area contributed by atoms with Gasteiger partial charge in [-0.2, -0.15) is 0 Å². The zero-order valence-electron chi connectivity index (χ0n) is 15.8. The lowest BCUT2D eigenvalue weighted by Crippen LogP contribution is -2.34. The molecule has 148 valence electrons. The third-order valence-electron chi connectivity index (χ3n) is 4.78. The molecule has 0 spiro atoms. The molecule has 3 rings (SSSR count). The van der Waals surface area contributed by atoms with Gasteiger partial charge >= 0.3 is 5.97 Å². The molecule has 0 radical (unpaired) electrons. The van der Waals surface area contributed by atoms with E-state index in [0.717, 1.165) is 18.4 Å². The van der Waals surface area contributed by atoms with Gasteiger partial charge in [0.05, 0.1) is 25.8 Å². The number of likely N-dealkylation sites (tertiary alicyclic amines) is 1. The molecule has 0 aliphatic carbocycles. The van der Waals surface area contributed by atoms with Crippen LogP contribution < -0.4 is 9.47 Å². The number of esters is 1. The number of benzene rings is 2. The Balaban J connectivity index is 1.69. The Bertz CT molecular complexity index is 852. The molecule has 0 saturated carbocycles. The maximum atomic E-state index is 12.7. The number of ether oxygens (including phenoxy) is 3. The van der Waals surface area contributed by atoms with Crippen LogP contribution in [0.15, 0.2) is 42.5 Å². The Morgan fingerprint density at radius 2 is 1.86 bits per heavy atom. The van der Waals surface area contributed by atoms with Gasteiger partial charge in [0.15, 0.2) is 6.61 Å². The van der Waals surface area contributed by atoms with E-state index in [2.05, 4.69) is 0 Å². The zero-order chi connectivity index (χ0) is 20.1. The van der Waals surface area contributed by atoms with Gasteiger partial charge in [-0.05, 0) is 55.3 Å². The molecular formula is C21H22ClNO5. The molecule has 1 atom stereocenters. The summed E-state index contributed by atoms with van der Waals surface area (Å²) in [5.74, 6) is 0.599. The summed E-state index contributed by atoms with van der Waals surface area (Å²) in [5, 5.41) is 0.528. The molecule has 1 aliphatic rings. The number of hydrogen-bond acceptors (Lipinski definition) is 5. The van der Waals surface area contributed by atoms with E-state index in [-0.39, 0.29) is 18.6 Å². The van der Waals surface area contributed by atoms with Gasteiger partial charge in [-0.15, -0.1) is 0 Å². The van der Waals surface area contributed by atoms with Gasteiger partial charge in [0, 0.05) is 17.1 Å². The predicted molar refractivity (Wildman–Crippen MR) is 105 cm³/mol. The first-order valence-corrected chi connectivity index (χ1v) is 9.35. The van der Waals surface area contributed by atoms with Crippen LogP contribution in [-0.2, 0) is 9.53 Å². The number of carbonyl (C=O) groups is 2.